The number of carboxylic acids is 2. The molecular formula is C25H51BIN4O9PSi+. The van der Waals surface area contributed by atoms with Gasteiger partial charge in [-0.3, -0.25) is 19.2 Å². The summed E-state index contributed by atoms with van der Waals surface area (Å²) in [6.45, 7) is 6.50. The maximum Gasteiger partial charge on any atom is 0.496 e. The fourth-order valence-corrected chi connectivity index (χ4v) is 10.0. The average molecular weight is 748 g/mol. The molecular weight excluding hydrogens is 697 g/mol. The molecule has 7 atom stereocenters. The standard InChI is InChI=1S/C25H50BIN4O9PSi/c1-8-18(42(38,39)40)19(21(32)28-11-9-13-30(4)5)17(24(36)37)15-25(3,41-26-27)20(16(2)23(34)35)22(33)29-12-10-14-31(6)7/h16-20,38-41H,8-15H2,1-7H3,(H,28,32)(H,29,33)(H,34,35)(H,36,37)/p+1. The normalized spacial score (nSPS) is 17.4. The van der Waals surface area contributed by atoms with Crippen molar-refractivity contribution in [3.8, 4) is 0 Å². The van der Waals surface area contributed by atoms with Crippen molar-refractivity contribution in [2.24, 2.45) is 23.7 Å². The number of nitrogens with zero attached hydrogens (tertiary/aromatic N) is 1. The van der Waals surface area contributed by atoms with Crippen LogP contribution in [0.15, 0.2) is 0 Å². The van der Waals surface area contributed by atoms with Crippen LogP contribution in [0.2, 0.25) is 5.54 Å². The molecule has 0 aliphatic carbocycles. The van der Waals surface area contributed by atoms with Gasteiger partial charge in [0.05, 0.1) is 44.3 Å². The van der Waals surface area contributed by atoms with Crippen LogP contribution in [0, 0.1) is 23.7 Å². The third-order valence-electron chi connectivity index (χ3n) is 7.54. The Labute approximate surface area is 266 Å². The first-order valence-corrected chi connectivity index (χ1v) is 18.4. The first kappa shape index (κ1) is 41.1. The smallest absolute Gasteiger partial charge is 0.481 e. The van der Waals surface area contributed by atoms with E-state index in [1.165, 1.54) is 18.7 Å². The number of nitrogens with one attached hydrogen (secondary N) is 3. The van der Waals surface area contributed by atoms with Crippen molar-refractivity contribution in [2.45, 2.75) is 57.2 Å². The molecule has 0 aliphatic heterocycles. The Balaban J connectivity index is 6.67. The van der Waals surface area contributed by atoms with Gasteiger partial charge in [-0.2, -0.15) is 22.4 Å². The summed E-state index contributed by atoms with van der Waals surface area (Å²) in [6.07, 6.45) is 0.809. The van der Waals surface area contributed by atoms with Gasteiger partial charge in [-0.1, -0.05) is 20.8 Å². The molecule has 7 unspecified atom stereocenters. The summed E-state index contributed by atoms with van der Waals surface area (Å²) < 4.78 is 0. The lowest BCUT2D eigenvalue weighted by molar-refractivity contribution is -0.858. The molecule has 0 saturated carbocycles. The molecule has 0 bridgehead atoms. The first-order valence-electron chi connectivity index (χ1n) is 14.1. The number of carbonyl (C=O) groups excluding carboxylic acids is 2. The van der Waals surface area contributed by atoms with Gasteiger partial charge in [0, 0.05) is 25.1 Å². The van der Waals surface area contributed by atoms with E-state index in [2.05, 4.69) is 10.6 Å². The van der Waals surface area contributed by atoms with E-state index in [4.69, 9.17) is 0 Å². The zero-order valence-electron chi connectivity index (χ0n) is 25.8. The monoisotopic (exact) mass is 748 g/mol. The molecule has 1 radical (unpaired) electrons. The van der Waals surface area contributed by atoms with Gasteiger partial charge < -0.3 is 45.0 Å². The van der Waals surface area contributed by atoms with E-state index in [-0.39, 0.29) is 27.8 Å². The summed E-state index contributed by atoms with van der Waals surface area (Å²) in [5, 5.41) is 24.7. The molecule has 13 nitrogen and oxygen atoms in total. The Bertz CT molecular complexity index is 887. The largest absolute Gasteiger partial charge is 0.496 e. The number of aliphatic carboxylic acids is 2. The molecule has 8 N–H and O–H groups in total. The molecule has 0 aromatic rings. The van der Waals surface area contributed by atoms with Gasteiger partial charge in [-0.05, 0) is 45.1 Å². The second kappa shape index (κ2) is 19.5. The number of carboxylic acid groups (broad SMARTS) is 2. The van der Waals surface area contributed by atoms with Crippen LogP contribution in [0.25, 0.3) is 0 Å². The molecule has 0 aliphatic rings. The Morgan fingerprint density at radius 3 is 2.00 bits per heavy atom. The highest BCUT2D eigenvalue weighted by molar-refractivity contribution is 14.1. The highest BCUT2D eigenvalue weighted by atomic mass is 127. The van der Waals surface area contributed by atoms with Crippen LogP contribution >= 0.6 is 30.8 Å². The van der Waals surface area contributed by atoms with E-state index in [0.29, 0.717) is 25.9 Å². The number of hydrogen-bond donors (Lipinski definition) is 8. The number of quaternary nitrogens is 1. The maximum absolute atomic E-state index is 13.6. The Hall–Kier alpha value is -0.878. The third kappa shape index (κ3) is 13.8. The topological polar surface area (TPSA) is 201 Å². The summed E-state index contributed by atoms with van der Waals surface area (Å²) in [7, 11) is 2.48. The highest BCUT2D eigenvalue weighted by Gasteiger charge is 2.54. The lowest BCUT2D eigenvalue weighted by atomic mass is 9.73. The van der Waals surface area contributed by atoms with Crippen LogP contribution in [0.3, 0.4) is 0 Å². The zero-order valence-corrected chi connectivity index (χ0v) is 30.0. The van der Waals surface area contributed by atoms with Gasteiger partial charge in [0.2, 0.25) is 16.7 Å². The van der Waals surface area contributed by atoms with E-state index in [9.17, 15) is 43.8 Å². The number of hydrogen-bond acceptors (Lipinski definition) is 8. The number of amides is 2. The van der Waals surface area contributed by atoms with Crippen molar-refractivity contribution in [3.63, 3.8) is 0 Å². The van der Waals surface area contributed by atoms with E-state index in [0.717, 1.165) is 6.54 Å². The summed E-state index contributed by atoms with van der Waals surface area (Å²) in [5.74, 6) is -9.34. The van der Waals surface area contributed by atoms with Crippen molar-refractivity contribution >= 4 is 68.2 Å². The minimum Gasteiger partial charge on any atom is -0.481 e. The Morgan fingerprint density at radius 2 is 1.57 bits per heavy atom. The summed E-state index contributed by atoms with van der Waals surface area (Å²) in [6, 6.07) is 0. The lowest BCUT2D eigenvalue weighted by Gasteiger charge is -2.42. The van der Waals surface area contributed by atoms with E-state index >= 15 is 0 Å². The molecule has 0 fully saturated rings. The zero-order chi connectivity index (χ0) is 32.8. The van der Waals surface area contributed by atoms with Gasteiger partial charge in [0.25, 0.3) is 0 Å². The van der Waals surface area contributed by atoms with Crippen molar-refractivity contribution in [1.82, 2.24) is 15.5 Å². The highest BCUT2D eigenvalue weighted by Crippen LogP contribution is 2.49. The molecule has 0 spiro atoms. The molecule has 243 valence electrons. The van der Waals surface area contributed by atoms with Crippen molar-refractivity contribution < 1.29 is 48.7 Å². The van der Waals surface area contributed by atoms with Gasteiger partial charge in [0.15, 0.2) is 0 Å². The second-order valence-corrected chi connectivity index (χ2v) is 17.3. The SMILES string of the molecule is CCC(C(C(=O)NCCCN(C)C)C(CC(C)(P[B]I)C(C(=O)NCCC[NH+](C)C)C(C)C(=O)O)C(=O)O)[Si](O)(O)O. The van der Waals surface area contributed by atoms with Crippen LogP contribution in [0.5, 0.6) is 0 Å². The molecule has 0 heterocycles. The van der Waals surface area contributed by atoms with Crippen molar-refractivity contribution in [2.75, 3.05) is 54.4 Å². The quantitative estimate of drug-likeness (QED) is 0.0290. The minimum absolute atomic E-state index is 0.0873. The van der Waals surface area contributed by atoms with E-state index < -0.39 is 66.9 Å². The third-order valence-corrected chi connectivity index (χ3v) is 11.5. The summed E-state index contributed by atoms with van der Waals surface area (Å²) in [5.41, 5.74) is -1.44. The number of carbonyl (C=O) groups is 4. The van der Waals surface area contributed by atoms with Gasteiger partial charge in [-0.25, -0.2) is 0 Å². The van der Waals surface area contributed by atoms with E-state index in [1.54, 1.807) is 11.8 Å². The van der Waals surface area contributed by atoms with Gasteiger partial charge in [0.1, 0.15) is 0 Å². The fraction of sp³-hybridized carbons (Fsp3) is 0.840. The van der Waals surface area contributed by atoms with Crippen molar-refractivity contribution in [3.05, 3.63) is 0 Å². The molecule has 42 heavy (non-hydrogen) atoms. The predicted octanol–water partition coefficient (Wildman–Crippen LogP) is -1.15. The Kier molecular flexibility index (Phi) is 19.1. The van der Waals surface area contributed by atoms with E-state index in [1.807, 2.05) is 55.5 Å². The molecule has 17 heteroatoms. The van der Waals surface area contributed by atoms with Gasteiger partial charge in [-0.15, -0.1) is 8.46 Å². The minimum atomic E-state index is -5.02. The average Bonchev–Trinajstić information content (AvgIpc) is 2.85. The van der Waals surface area contributed by atoms with Crippen LogP contribution in [-0.2, 0) is 19.2 Å². The molecule has 0 aromatic heterocycles. The summed E-state index contributed by atoms with van der Waals surface area (Å²) >= 11 is 1.97. The van der Waals surface area contributed by atoms with Crippen LogP contribution in [0.4, 0.5) is 0 Å². The Morgan fingerprint density at radius 1 is 1.02 bits per heavy atom. The van der Waals surface area contributed by atoms with Crippen LogP contribution in [0.1, 0.15) is 46.5 Å². The maximum atomic E-state index is 13.6. The van der Waals surface area contributed by atoms with Crippen LogP contribution < -0.4 is 15.5 Å². The molecule has 0 saturated heterocycles. The fourth-order valence-electron chi connectivity index (χ4n) is 5.34. The predicted molar refractivity (Wildman–Crippen MR) is 174 cm³/mol. The van der Waals surface area contributed by atoms with Crippen molar-refractivity contribution in [1.29, 1.82) is 0 Å². The summed E-state index contributed by atoms with van der Waals surface area (Å²) in [4.78, 5) is 87.8. The lowest BCUT2D eigenvalue weighted by Crippen LogP contribution is -3.05. The second-order valence-electron chi connectivity index (χ2n) is 11.7. The number of rotatable bonds is 22. The molecule has 0 rings (SSSR count). The molecule has 0 aromatic carbocycles. The first-order chi connectivity index (χ1) is 19.3. The van der Waals surface area contributed by atoms with Crippen LogP contribution in [-0.4, -0.2) is 126 Å². The van der Waals surface area contributed by atoms with Gasteiger partial charge >= 0.3 is 20.7 Å². The number of halogens is 1. The molecule has 2 amide bonds.